The molecule has 0 saturated carbocycles. The van der Waals surface area contributed by atoms with Crippen LogP contribution in [0.1, 0.15) is 30.9 Å². The topological polar surface area (TPSA) is 57.1 Å². The molecule has 5 nitrogen and oxygen atoms in total. The molecule has 0 N–H and O–H groups in total. The maximum Gasteiger partial charge on any atom is 0.363 e. The lowest BCUT2D eigenvalue weighted by atomic mass is 10.1. The Morgan fingerprint density at radius 1 is 1.29 bits per heavy atom. The Morgan fingerprint density at radius 3 is 2.79 bits per heavy atom. The van der Waals surface area contributed by atoms with Gasteiger partial charge in [-0.2, -0.15) is 0 Å². The predicted molar refractivity (Wildman–Crippen MR) is 108 cm³/mol. The summed E-state index contributed by atoms with van der Waals surface area (Å²) in [4.78, 5) is 16.3. The third-order valence-corrected chi connectivity index (χ3v) is 4.61. The molecule has 0 atom stereocenters. The zero-order valence-electron chi connectivity index (χ0n) is 15.5. The molecule has 1 aliphatic heterocycles. The zero-order chi connectivity index (χ0) is 20.1. The Morgan fingerprint density at radius 2 is 2.07 bits per heavy atom. The Kier molecular flexibility index (Phi) is 6.46. The van der Waals surface area contributed by atoms with Gasteiger partial charge in [0.25, 0.3) is 0 Å². The van der Waals surface area contributed by atoms with E-state index in [1.54, 1.807) is 37.5 Å². The Labute approximate surface area is 171 Å². The van der Waals surface area contributed by atoms with Crippen LogP contribution in [0.4, 0.5) is 4.39 Å². The molecule has 146 valence electrons. The van der Waals surface area contributed by atoms with Crippen molar-refractivity contribution in [3.8, 4) is 11.5 Å². The monoisotopic (exact) mass is 447 g/mol. The minimum atomic E-state index is -0.642. The van der Waals surface area contributed by atoms with Gasteiger partial charge in [0.15, 0.2) is 17.2 Å². The van der Waals surface area contributed by atoms with E-state index in [9.17, 15) is 9.18 Å². The van der Waals surface area contributed by atoms with E-state index < -0.39 is 11.8 Å². The van der Waals surface area contributed by atoms with E-state index in [1.807, 2.05) is 0 Å². The standard InChI is InChI=1S/C21H19BrFNO4/c1-3-4-9-27-19-15(22)10-13(12-18(19)26-2)11-17-21(25)28-20(24-17)14-7-5-6-8-16(14)23/h5-8,10-12H,3-4,9H2,1-2H3/b17-11-. The fourth-order valence-electron chi connectivity index (χ4n) is 2.60. The second kappa shape index (κ2) is 9.01. The molecule has 2 aromatic rings. The van der Waals surface area contributed by atoms with Crippen LogP contribution in [0.5, 0.6) is 11.5 Å². The normalized spacial score (nSPS) is 14.8. The van der Waals surface area contributed by atoms with Crippen molar-refractivity contribution < 1.29 is 23.4 Å². The van der Waals surface area contributed by atoms with Crippen molar-refractivity contribution in [3.05, 3.63) is 63.5 Å². The molecule has 28 heavy (non-hydrogen) atoms. The van der Waals surface area contributed by atoms with Crippen molar-refractivity contribution in [3.63, 3.8) is 0 Å². The summed E-state index contributed by atoms with van der Waals surface area (Å²) < 4.78 is 30.9. The highest BCUT2D eigenvalue weighted by atomic mass is 79.9. The number of rotatable bonds is 7. The molecular weight excluding hydrogens is 429 g/mol. The van der Waals surface area contributed by atoms with E-state index in [0.29, 0.717) is 28.1 Å². The van der Waals surface area contributed by atoms with Gasteiger partial charge in [-0.25, -0.2) is 14.2 Å². The fraction of sp³-hybridized carbons (Fsp3) is 0.238. The molecule has 7 heteroatoms. The number of ether oxygens (including phenoxy) is 3. The van der Waals surface area contributed by atoms with Gasteiger partial charge in [-0.3, -0.25) is 0 Å². The molecule has 0 bridgehead atoms. The maximum atomic E-state index is 13.9. The highest BCUT2D eigenvalue weighted by Crippen LogP contribution is 2.37. The summed E-state index contributed by atoms with van der Waals surface area (Å²) in [6.45, 7) is 2.66. The lowest BCUT2D eigenvalue weighted by Crippen LogP contribution is -2.07. The first-order chi connectivity index (χ1) is 13.5. The summed E-state index contributed by atoms with van der Waals surface area (Å²) in [5, 5.41) is 0. The van der Waals surface area contributed by atoms with Crippen molar-refractivity contribution in [1.29, 1.82) is 0 Å². The van der Waals surface area contributed by atoms with Crippen molar-refractivity contribution in [2.75, 3.05) is 13.7 Å². The lowest BCUT2D eigenvalue weighted by Gasteiger charge is -2.13. The van der Waals surface area contributed by atoms with Crippen LogP contribution < -0.4 is 9.47 Å². The highest BCUT2D eigenvalue weighted by molar-refractivity contribution is 9.10. The second-order valence-electron chi connectivity index (χ2n) is 6.05. The van der Waals surface area contributed by atoms with Crippen molar-refractivity contribution in [2.24, 2.45) is 4.99 Å². The van der Waals surface area contributed by atoms with E-state index in [0.717, 1.165) is 12.8 Å². The summed E-state index contributed by atoms with van der Waals surface area (Å²) in [6.07, 6.45) is 3.51. The van der Waals surface area contributed by atoms with Gasteiger partial charge in [-0.1, -0.05) is 25.5 Å². The van der Waals surface area contributed by atoms with Gasteiger partial charge in [0, 0.05) is 0 Å². The van der Waals surface area contributed by atoms with Gasteiger partial charge < -0.3 is 14.2 Å². The number of nitrogens with zero attached hydrogens (tertiary/aromatic N) is 1. The first-order valence-electron chi connectivity index (χ1n) is 8.81. The number of hydrogen-bond acceptors (Lipinski definition) is 5. The quantitative estimate of drug-likeness (QED) is 0.335. The summed E-state index contributed by atoms with van der Waals surface area (Å²) in [5.74, 6) is -0.0746. The number of carbonyl (C=O) groups is 1. The van der Waals surface area contributed by atoms with E-state index in [1.165, 1.54) is 12.1 Å². The molecule has 3 rings (SSSR count). The molecule has 0 aliphatic carbocycles. The number of methoxy groups -OCH3 is 1. The summed E-state index contributed by atoms with van der Waals surface area (Å²) in [7, 11) is 1.55. The average molecular weight is 448 g/mol. The van der Waals surface area contributed by atoms with Crippen molar-refractivity contribution in [1.82, 2.24) is 0 Å². The van der Waals surface area contributed by atoms with Crippen LogP contribution in [0, 0.1) is 5.82 Å². The number of esters is 1. The third kappa shape index (κ3) is 4.42. The van der Waals surface area contributed by atoms with Crippen LogP contribution in [0.25, 0.3) is 6.08 Å². The lowest BCUT2D eigenvalue weighted by molar-refractivity contribution is -0.129. The molecular formula is C21H19BrFNO4. The van der Waals surface area contributed by atoms with Gasteiger partial charge in [0.1, 0.15) is 5.82 Å². The molecule has 0 radical (unpaired) electrons. The zero-order valence-corrected chi connectivity index (χ0v) is 17.1. The van der Waals surface area contributed by atoms with Crippen LogP contribution >= 0.6 is 15.9 Å². The molecule has 0 amide bonds. The van der Waals surface area contributed by atoms with Crippen LogP contribution in [-0.4, -0.2) is 25.6 Å². The number of unbranched alkanes of at least 4 members (excludes halogenated alkanes) is 1. The smallest absolute Gasteiger partial charge is 0.363 e. The molecule has 1 aliphatic rings. The first kappa shape index (κ1) is 20.1. The van der Waals surface area contributed by atoms with Gasteiger partial charge in [0.2, 0.25) is 5.90 Å². The minimum absolute atomic E-state index is 0.0556. The number of cyclic esters (lactones) is 1. The number of benzene rings is 2. The first-order valence-corrected chi connectivity index (χ1v) is 9.60. The second-order valence-corrected chi connectivity index (χ2v) is 6.91. The predicted octanol–water partition coefficient (Wildman–Crippen LogP) is 5.12. The van der Waals surface area contributed by atoms with Gasteiger partial charge >= 0.3 is 5.97 Å². The summed E-state index contributed by atoms with van der Waals surface area (Å²) in [5.41, 5.74) is 0.876. The SMILES string of the molecule is CCCCOc1c(Br)cc(/C=C2\N=C(c3ccccc3F)OC2=O)cc1OC. The third-order valence-electron chi connectivity index (χ3n) is 4.02. The van der Waals surface area contributed by atoms with Gasteiger partial charge in [0.05, 0.1) is 23.8 Å². The van der Waals surface area contributed by atoms with Crippen molar-refractivity contribution >= 4 is 33.9 Å². The van der Waals surface area contributed by atoms with Gasteiger partial charge in [-0.05, 0) is 58.3 Å². The van der Waals surface area contributed by atoms with Crippen molar-refractivity contribution in [2.45, 2.75) is 19.8 Å². The average Bonchev–Trinajstić information content (AvgIpc) is 3.03. The van der Waals surface area contributed by atoms with E-state index in [4.69, 9.17) is 14.2 Å². The van der Waals surface area contributed by atoms with E-state index >= 15 is 0 Å². The van der Waals surface area contributed by atoms with E-state index in [-0.39, 0.29) is 17.2 Å². The van der Waals surface area contributed by atoms with Crippen LogP contribution in [0.15, 0.2) is 51.6 Å². The van der Waals surface area contributed by atoms with Gasteiger partial charge in [-0.15, -0.1) is 0 Å². The minimum Gasteiger partial charge on any atom is -0.493 e. The maximum absolute atomic E-state index is 13.9. The number of halogens is 2. The number of aliphatic imine (C=N–C) groups is 1. The number of carbonyl (C=O) groups excluding carboxylic acids is 1. The molecule has 0 saturated heterocycles. The largest absolute Gasteiger partial charge is 0.493 e. The number of hydrogen-bond donors (Lipinski definition) is 0. The molecule has 1 heterocycles. The summed E-state index contributed by atoms with van der Waals surface area (Å²) >= 11 is 3.48. The molecule has 0 unspecified atom stereocenters. The Hall–Kier alpha value is -2.67. The fourth-order valence-corrected chi connectivity index (χ4v) is 3.17. The van der Waals surface area contributed by atoms with Crippen LogP contribution in [0.3, 0.4) is 0 Å². The Bertz CT molecular complexity index is 955. The van der Waals surface area contributed by atoms with Crippen LogP contribution in [-0.2, 0) is 9.53 Å². The molecule has 0 spiro atoms. The molecule has 0 aromatic heterocycles. The summed E-state index contributed by atoms with van der Waals surface area (Å²) in [6, 6.07) is 9.53. The van der Waals surface area contributed by atoms with Crippen LogP contribution in [0.2, 0.25) is 0 Å². The molecule has 0 fully saturated rings. The highest BCUT2D eigenvalue weighted by Gasteiger charge is 2.26. The molecule has 2 aromatic carbocycles. The van der Waals surface area contributed by atoms with E-state index in [2.05, 4.69) is 27.8 Å². The Balaban J connectivity index is 1.91.